The fourth-order valence-corrected chi connectivity index (χ4v) is 2.22. The van der Waals surface area contributed by atoms with Gasteiger partial charge in [0.05, 0.1) is 5.38 Å². The van der Waals surface area contributed by atoms with E-state index in [0.29, 0.717) is 18.7 Å². The minimum Gasteiger partial charge on any atom is -0.491 e. The van der Waals surface area contributed by atoms with Crippen LogP contribution in [0.25, 0.3) is 0 Å². The highest BCUT2D eigenvalue weighted by molar-refractivity contribution is 6.22. The second kappa shape index (κ2) is 6.07. The lowest BCUT2D eigenvalue weighted by atomic mass is 10.3. The Morgan fingerprint density at radius 2 is 2.17 bits per heavy atom. The maximum atomic E-state index is 11.5. The lowest BCUT2D eigenvalue weighted by molar-refractivity contribution is -0.129. The first-order valence-corrected chi connectivity index (χ1v) is 6.36. The van der Waals surface area contributed by atoms with Crippen LogP contribution >= 0.6 is 11.6 Å². The van der Waals surface area contributed by atoms with Crippen LogP contribution in [0.15, 0.2) is 30.3 Å². The number of carbonyl (C=O) groups excluding carboxylic acids is 1. The molecule has 1 aliphatic rings. The third-order valence-electron chi connectivity index (χ3n) is 2.78. The van der Waals surface area contributed by atoms with Gasteiger partial charge in [-0.15, -0.1) is 11.6 Å². The van der Waals surface area contributed by atoms with E-state index in [-0.39, 0.29) is 24.4 Å². The monoisotopic (exact) mass is 269 g/mol. The molecule has 0 aromatic heterocycles. The smallest absolute Gasteiger partial charge is 0.224 e. The van der Waals surface area contributed by atoms with Gasteiger partial charge in [0.2, 0.25) is 5.91 Å². The Bertz CT molecular complexity index is 398. The number of β-amino-alcohol motifs (C(OH)–C–C–N with tert-alkyl or cyclic N) is 1. The molecule has 5 heteroatoms. The van der Waals surface area contributed by atoms with Gasteiger partial charge in [0, 0.05) is 19.5 Å². The Balaban J connectivity index is 1.75. The molecule has 0 bridgehead atoms. The molecule has 2 atom stereocenters. The maximum absolute atomic E-state index is 11.5. The molecule has 0 saturated carbocycles. The van der Waals surface area contributed by atoms with E-state index in [1.165, 1.54) is 0 Å². The van der Waals surface area contributed by atoms with E-state index in [0.717, 1.165) is 0 Å². The number of amides is 1. The molecule has 1 amide bonds. The van der Waals surface area contributed by atoms with Crippen LogP contribution in [0.2, 0.25) is 0 Å². The number of benzene rings is 1. The number of alkyl halides is 1. The number of nitrogens with zero attached hydrogens (tertiary/aromatic N) is 1. The van der Waals surface area contributed by atoms with Gasteiger partial charge in [0.15, 0.2) is 0 Å². The second-order valence-corrected chi connectivity index (χ2v) is 5.00. The molecule has 0 radical (unpaired) electrons. The van der Waals surface area contributed by atoms with Crippen LogP contribution in [0.4, 0.5) is 0 Å². The molecule has 2 rings (SSSR count). The van der Waals surface area contributed by atoms with Crippen molar-refractivity contribution >= 4 is 17.5 Å². The number of hydrogen-bond donors (Lipinski definition) is 1. The van der Waals surface area contributed by atoms with Crippen LogP contribution in [-0.2, 0) is 4.79 Å². The molecular weight excluding hydrogens is 254 g/mol. The number of carbonyl (C=O) groups is 1. The minimum atomic E-state index is -0.698. The van der Waals surface area contributed by atoms with Crippen molar-refractivity contribution in [2.45, 2.75) is 17.9 Å². The third kappa shape index (κ3) is 3.62. The van der Waals surface area contributed by atoms with Gasteiger partial charge in [-0.3, -0.25) is 4.79 Å². The average molecular weight is 270 g/mol. The van der Waals surface area contributed by atoms with E-state index in [1.54, 1.807) is 4.90 Å². The maximum Gasteiger partial charge on any atom is 0.224 e. The van der Waals surface area contributed by atoms with Crippen molar-refractivity contribution in [2.75, 3.05) is 19.7 Å². The summed E-state index contributed by atoms with van der Waals surface area (Å²) in [5.74, 6) is 0.702. The zero-order chi connectivity index (χ0) is 13.0. The Morgan fingerprint density at radius 3 is 2.78 bits per heavy atom. The third-order valence-corrected chi connectivity index (χ3v) is 3.08. The molecule has 1 heterocycles. The summed E-state index contributed by atoms with van der Waals surface area (Å²) in [5.41, 5.74) is 0. The number of likely N-dealkylation sites (tertiary alicyclic amines) is 1. The van der Waals surface area contributed by atoms with E-state index >= 15 is 0 Å². The molecule has 1 saturated heterocycles. The predicted molar refractivity (Wildman–Crippen MR) is 68.8 cm³/mol. The summed E-state index contributed by atoms with van der Waals surface area (Å²) in [6.07, 6.45) is -0.343. The van der Waals surface area contributed by atoms with Gasteiger partial charge in [-0.2, -0.15) is 0 Å². The van der Waals surface area contributed by atoms with Crippen molar-refractivity contribution < 1.29 is 14.6 Å². The number of aliphatic hydroxyl groups is 1. The van der Waals surface area contributed by atoms with Crippen LogP contribution < -0.4 is 4.74 Å². The quantitative estimate of drug-likeness (QED) is 0.819. The molecule has 98 valence electrons. The molecule has 1 N–H and O–H groups in total. The molecule has 1 aromatic rings. The second-order valence-electron chi connectivity index (χ2n) is 4.38. The number of rotatable bonds is 5. The van der Waals surface area contributed by atoms with Gasteiger partial charge in [0.1, 0.15) is 18.5 Å². The number of para-hydroxylation sites is 1. The molecule has 2 unspecified atom stereocenters. The zero-order valence-electron chi connectivity index (χ0n) is 9.96. The first-order chi connectivity index (χ1) is 8.65. The zero-order valence-corrected chi connectivity index (χ0v) is 10.7. The van der Waals surface area contributed by atoms with E-state index in [2.05, 4.69) is 0 Å². The average Bonchev–Trinajstić information content (AvgIpc) is 2.67. The van der Waals surface area contributed by atoms with Crippen molar-refractivity contribution in [1.82, 2.24) is 4.90 Å². The van der Waals surface area contributed by atoms with E-state index in [1.807, 2.05) is 30.3 Å². The van der Waals surface area contributed by atoms with E-state index in [4.69, 9.17) is 16.3 Å². The summed E-state index contributed by atoms with van der Waals surface area (Å²) in [5, 5.41) is 9.67. The molecule has 1 fully saturated rings. The van der Waals surface area contributed by atoms with Crippen LogP contribution in [0.5, 0.6) is 5.75 Å². The van der Waals surface area contributed by atoms with E-state index < -0.39 is 6.10 Å². The summed E-state index contributed by atoms with van der Waals surface area (Å²) in [6.45, 7) is 0.943. The Labute approximate surface area is 111 Å². The number of halogens is 1. The number of ether oxygens (including phenoxy) is 1. The van der Waals surface area contributed by atoms with Crippen LogP contribution in [0.1, 0.15) is 6.42 Å². The largest absolute Gasteiger partial charge is 0.491 e. The molecule has 0 aliphatic carbocycles. The highest BCUT2D eigenvalue weighted by Crippen LogP contribution is 2.16. The van der Waals surface area contributed by atoms with Gasteiger partial charge in [-0.25, -0.2) is 0 Å². The number of hydrogen-bond acceptors (Lipinski definition) is 3. The van der Waals surface area contributed by atoms with Gasteiger partial charge in [-0.1, -0.05) is 18.2 Å². The van der Waals surface area contributed by atoms with Crippen molar-refractivity contribution in [3.05, 3.63) is 30.3 Å². The summed E-state index contributed by atoms with van der Waals surface area (Å²) in [4.78, 5) is 13.1. The first kappa shape index (κ1) is 13.2. The SMILES string of the molecule is O=C1CC(Cl)CN1CC(O)COc1ccccc1. The molecule has 4 nitrogen and oxygen atoms in total. The molecule has 0 spiro atoms. The lowest BCUT2D eigenvalue weighted by Gasteiger charge is -2.20. The Hall–Kier alpha value is -1.26. The number of aliphatic hydroxyl groups excluding tert-OH is 1. The minimum absolute atomic E-state index is 0.00578. The Morgan fingerprint density at radius 1 is 1.44 bits per heavy atom. The van der Waals surface area contributed by atoms with Crippen molar-refractivity contribution in [3.63, 3.8) is 0 Å². The highest BCUT2D eigenvalue weighted by Gasteiger charge is 2.29. The van der Waals surface area contributed by atoms with Crippen LogP contribution in [-0.4, -0.2) is 47.1 Å². The van der Waals surface area contributed by atoms with Gasteiger partial charge in [0.25, 0.3) is 0 Å². The highest BCUT2D eigenvalue weighted by atomic mass is 35.5. The fourth-order valence-electron chi connectivity index (χ4n) is 1.92. The van der Waals surface area contributed by atoms with Gasteiger partial charge < -0.3 is 14.7 Å². The normalized spacial score (nSPS) is 21.1. The van der Waals surface area contributed by atoms with Crippen LogP contribution in [0, 0.1) is 0 Å². The fraction of sp³-hybridized carbons (Fsp3) is 0.462. The standard InChI is InChI=1S/C13H16ClNO3/c14-10-6-13(17)15(7-10)8-11(16)9-18-12-4-2-1-3-5-12/h1-5,10-11,16H,6-9H2. The summed E-state index contributed by atoms with van der Waals surface area (Å²) >= 11 is 5.88. The van der Waals surface area contributed by atoms with Crippen LogP contribution in [0.3, 0.4) is 0 Å². The first-order valence-electron chi connectivity index (χ1n) is 5.93. The molecule has 1 aliphatic heterocycles. The molecule has 18 heavy (non-hydrogen) atoms. The summed E-state index contributed by atoms with van der Waals surface area (Å²) in [7, 11) is 0. The van der Waals surface area contributed by atoms with Gasteiger partial charge >= 0.3 is 0 Å². The predicted octanol–water partition coefficient (Wildman–Crippen LogP) is 1.27. The van der Waals surface area contributed by atoms with Crippen molar-refractivity contribution in [3.8, 4) is 5.75 Å². The lowest BCUT2D eigenvalue weighted by Crippen LogP contribution is -2.36. The summed E-state index contributed by atoms with van der Waals surface area (Å²) in [6, 6.07) is 9.27. The topological polar surface area (TPSA) is 49.8 Å². The van der Waals surface area contributed by atoms with Gasteiger partial charge in [-0.05, 0) is 12.1 Å². The van der Waals surface area contributed by atoms with Crippen molar-refractivity contribution in [2.24, 2.45) is 0 Å². The van der Waals surface area contributed by atoms with Crippen molar-refractivity contribution in [1.29, 1.82) is 0 Å². The molecule has 1 aromatic carbocycles. The Kier molecular flexibility index (Phi) is 4.44. The van der Waals surface area contributed by atoms with E-state index in [9.17, 15) is 9.90 Å². The molecular formula is C13H16ClNO3. The summed E-state index contributed by atoms with van der Waals surface area (Å²) < 4.78 is 5.42.